The first kappa shape index (κ1) is 10.9. The molecule has 0 amide bonds. The first-order valence-electron chi connectivity index (χ1n) is 5.69. The molecule has 4 heteroatoms. The highest BCUT2D eigenvalue weighted by atomic mass is 16.4. The molecular weight excluding hydrogens is 204 g/mol. The maximum atomic E-state index is 10.6. The Labute approximate surface area is 94.7 Å². The van der Waals surface area contributed by atoms with Crippen LogP contribution < -0.4 is 5.32 Å². The fraction of sp³-hybridized carbons (Fsp3) is 0.500. The Morgan fingerprint density at radius 3 is 2.88 bits per heavy atom. The second-order valence-electron chi connectivity index (χ2n) is 4.25. The monoisotopic (exact) mass is 220 g/mol. The zero-order valence-corrected chi connectivity index (χ0v) is 9.15. The van der Waals surface area contributed by atoms with E-state index in [1.807, 2.05) is 0 Å². The van der Waals surface area contributed by atoms with Crippen LogP contribution in [-0.4, -0.2) is 22.6 Å². The fourth-order valence-corrected chi connectivity index (χ4v) is 1.64. The van der Waals surface area contributed by atoms with Crippen molar-refractivity contribution in [3.8, 4) is 0 Å². The summed E-state index contributed by atoms with van der Waals surface area (Å²) in [6, 6.07) is 3.28. The number of pyridine rings is 1. The van der Waals surface area contributed by atoms with Crippen LogP contribution in [0.3, 0.4) is 0 Å². The number of hydrogen-bond acceptors (Lipinski definition) is 3. The molecule has 0 unspecified atom stereocenters. The predicted octanol–water partition coefficient (Wildman–Crippen LogP) is 2.38. The van der Waals surface area contributed by atoms with E-state index in [2.05, 4.69) is 10.3 Å². The molecule has 0 aromatic carbocycles. The van der Waals surface area contributed by atoms with Gasteiger partial charge in [-0.15, -0.1) is 0 Å². The third-order valence-electron chi connectivity index (χ3n) is 2.80. The number of aromatic nitrogens is 1. The van der Waals surface area contributed by atoms with Crippen LogP contribution >= 0.6 is 0 Å². The quantitative estimate of drug-likeness (QED) is 0.722. The Balaban J connectivity index is 1.73. The van der Waals surface area contributed by atoms with Gasteiger partial charge in [0.2, 0.25) is 0 Å². The minimum absolute atomic E-state index is 0.225. The Morgan fingerprint density at radius 2 is 2.31 bits per heavy atom. The van der Waals surface area contributed by atoms with Crippen molar-refractivity contribution in [1.29, 1.82) is 0 Å². The molecule has 2 N–H and O–H groups in total. The minimum atomic E-state index is -0.937. The van der Waals surface area contributed by atoms with Gasteiger partial charge >= 0.3 is 5.97 Å². The van der Waals surface area contributed by atoms with E-state index >= 15 is 0 Å². The molecule has 1 heterocycles. The van der Waals surface area contributed by atoms with Gasteiger partial charge in [0.05, 0.1) is 5.56 Å². The minimum Gasteiger partial charge on any atom is -0.478 e. The Kier molecular flexibility index (Phi) is 3.39. The van der Waals surface area contributed by atoms with Crippen molar-refractivity contribution in [2.45, 2.75) is 25.7 Å². The molecule has 0 atom stereocenters. The standard InChI is InChI=1S/C12H16N2O2/c15-12(16)10-5-6-11(14-8-10)13-7-1-2-9-3-4-9/h5-6,8-9H,1-4,7H2,(H,13,14)(H,15,16). The maximum absolute atomic E-state index is 10.6. The number of carboxylic acids is 1. The normalized spacial score (nSPS) is 14.8. The first-order chi connectivity index (χ1) is 7.75. The lowest BCUT2D eigenvalue weighted by molar-refractivity contribution is 0.0696. The van der Waals surface area contributed by atoms with E-state index in [9.17, 15) is 4.79 Å². The van der Waals surface area contributed by atoms with Crippen LogP contribution in [0.5, 0.6) is 0 Å². The van der Waals surface area contributed by atoms with E-state index in [0.29, 0.717) is 0 Å². The topological polar surface area (TPSA) is 62.2 Å². The summed E-state index contributed by atoms with van der Waals surface area (Å²) in [5.41, 5.74) is 0.225. The summed E-state index contributed by atoms with van der Waals surface area (Å²) < 4.78 is 0. The van der Waals surface area contributed by atoms with Gasteiger partial charge in [0.15, 0.2) is 0 Å². The zero-order chi connectivity index (χ0) is 11.4. The molecule has 2 rings (SSSR count). The number of anilines is 1. The van der Waals surface area contributed by atoms with Gasteiger partial charge in [-0.2, -0.15) is 0 Å². The van der Waals surface area contributed by atoms with Gasteiger partial charge in [0.1, 0.15) is 5.82 Å². The van der Waals surface area contributed by atoms with Crippen molar-refractivity contribution in [2.24, 2.45) is 5.92 Å². The Hall–Kier alpha value is -1.58. The predicted molar refractivity (Wildman–Crippen MR) is 61.6 cm³/mol. The lowest BCUT2D eigenvalue weighted by atomic mass is 10.2. The highest BCUT2D eigenvalue weighted by molar-refractivity contribution is 5.87. The van der Waals surface area contributed by atoms with E-state index in [1.54, 1.807) is 12.1 Å². The maximum Gasteiger partial charge on any atom is 0.337 e. The largest absolute Gasteiger partial charge is 0.478 e. The van der Waals surface area contributed by atoms with Crippen molar-refractivity contribution >= 4 is 11.8 Å². The molecule has 1 aliphatic rings. The van der Waals surface area contributed by atoms with Gasteiger partial charge < -0.3 is 10.4 Å². The van der Waals surface area contributed by atoms with E-state index in [-0.39, 0.29) is 5.56 Å². The summed E-state index contributed by atoms with van der Waals surface area (Å²) >= 11 is 0. The van der Waals surface area contributed by atoms with E-state index in [4.69, 9.17) is 5.11 Å². The fourth-order valence-electron chi connectivity index (χ4n) is 1.64. The molecule has 1 aliphatic carbocycles. The number of nitrogens with zero attached hydrogens (tertiary/aromatic N) is 1. The molecule has 0 bridgehead atoms. The summed E-state index contributed by atoms with van der Waals surface area (Å²) in [5, 5.41) is 11.9. The van der Waals surface area contributed by atoms with Crippen LogP contribution in [0, 0.1) is 5.92 Å². The summed E-state index contributed by atoms with van der Waals surface area (Å²) in [7, 11) is 0. The SMILES string of the molecule is O=C(O)c1ccc(NCCCC2CC2)nc1. The molecule has 0 aliphatic heterocycles. The molecule has 1 aromatic rings. The van der Waals surface area contributed by atoms with Crippen LogP contribution in [0.25, 0.3) is 0 Å². The van der Waals surface area contributed by atoms with Gasteiger partial charge in [0.25, 0.3) is 0 Å². The Bertz CT molecular complexity index is 358. The van der Waals surface area contributed by atoms with Crippen molar-refractivity contribution in [3.63, 3.8) is 0 Å². The molecule has 1 aromatic heterocycles. The highest BCUT2D eigenvalue weighted by Gasteiger charge is 2.19. The summed E-state index contributed by atoms with van der Waals surface area (Å²) in [6.07, 6.45) is 6.62. The van der Waals surface area contributed by atoms with Gasteiger partial charge in [-0.25, -0.2) is 9.78 Å². The van der Waals surface area contributed by atoms with Gasteiger partial charge in [-0.3, -0.25) is 0 Å². The zero-order valence-electron chi connectivity index (χ0n) is 9.15. The number of hydrogen-bond donors (Lipinski definition) is 2. The van der Waals surface area contributed by atoms with Crippen molar-refractivity contribution in [1.82, 2.24) is 4.98 Å². The van der Waals surface area contributed by atoms with Gasteiger partial charge in [0, 0.05) is 12.7 Å². The van der Waals surface area contributed by atoms with Gasteiger partial charge in [-0.1, -0.05) is 12.8 Å². The summed E-state index contributed by atoms with van der Waals surface area (Å²) in [4.78, 5) is 14.6. The first-order valence-corrected chi connectivity index (χ1v) is 5.69. The van der Waals surface area contributed by atoms with Crippen LogP contribution in [0.15, 0.2) is 18.3 Å². The molecule has 0 radical (unpaired) electrons. The smallest absolute Gasteiger partial charge is 0.337 e. The highest BCUT2D eigenvalue weighted by Crippen LogP contribution is 2.33. The van der Waals surface area contributed by atoms with Crippen molar-refractivity contribution in [2.75, 3.05) is 11.9 Å². The number of rotatable bonds is 6. The second-order valence-corrected chi connectivity index (χ2v) is 4.25. The molecule has 0 spiro atoms. The average Bonchev–Trinajstić information content (AvgIpc) is 3.09. The lowest BCUT2D eigenvalue weighted by Gasteiger charge is -2.04. The number of carbonyl (C=O) groups is 1. The van der Waals surface area contributed by atoms with E-state index < -0.39 is 5.97 Å². The molecule has 86 valence electrons. The summed E-state index contributed by atoms with van der Waals surface area (Å²) in [6.45, 7) is 0.913. The molecule has 4 nitrogen and oxygen atoms in total. The van der Waals surface area contributed by atoms with Crippen LogP contribution in [0.1, 0.15) is 36.0 Å². The molecule has 16 heavy (non-hydrogen) atoms. The molecule has 0 saturated heterocycles. The van der Waals surface area contributed by atoms with E-state index in [1.165, 1.54) is 25.5 Å². The van der Waals surface area contributed by atoms with Crippen LogP contribution in [0.2, 0.25) is 0 Å². The molecular formula is C12H16N2O2. The third-order valence-corrected chi connectivity index (χ3v) is 2.80. The molecule has 1 fully saturated rings. The number of aromatic carboxylic acids is 1. The Morgan fingerprint density at radius 1 is 1.50 bits per heavy atom. The lowest BCUT2D eigenvalue weighted by Crippen LogP contribution is -2.04. The van der Waals surface area contributed by atoms with E-state index in [0.717, 1.165) is 24.7 Å². The molecule has 1 saturated carbocycles. The van der Waals surface area contributed by atoms with Crippen molar-refractivity contribution in [3.05, 3.63) is 23.9 Å². The third kappa shape index (κ3) is 3.22. The van der Waals surface area contributed by atoms with Crippen molar-refractivity contribution < 1.29 is 9.90 Å². The number of nitrogens with one attached hydrogen (secondary N) is 1. The van der Waals surface area contributed by atoms with Crippen LogP contribution in [-0.2, 0) is 0 Å². The summed E-state index contributed by atoms with van der Waals surface area (Å²) in [5.74, 6) is 0.776. The van der Waals surface area contributed by atoms with Crippen LogP contribution in [0.4, 0.5) is 5.82 Å². The van der Waals surface area contributed by atoms with Gasteiger partial charge in [-0.05, 0) is 30.9 Å². The number of carboxylic acid groups (broad SMARTS) is 1. The second kappa shape index (κ2) is 4.96. The average molecular weight is 220 g/mol.